The van der Waals surface area contributed by atoms with Crippen molar-refractivity contribution in [1.29, 1.82) is 5.41 Å². The summed E-state index contributed by atoms with van der Waals surface area (Å²) in [7, 11) is 0. The first-order valence-corrected chi connectivity index (χ1v) is 3.15. The molecule has 1 heterocycles. The molecular weight excluding hydrogens is 126 g/mol. The number of rotatable bonds is 1. The highest BCUT2D eigenvalue weighted by Gasteiger charge is 2.02. The molecule has 0 aromatic heterocycles. The first-order valence-electron chi connectivity index (χ1n) is 3.15. The molecule has 0 spiro atoms. The lowest BCUT2D eigenvalue weighted by atomic mass is 10.5. The Morgan fingerprint density at radius 1 is 1.80 bits per heavy atom. The molecule has 0 radical (unpaired) electrons. The molecule has 1 aliphatic rings. The van der Waals surface area contributed by atoms with Crippen molar-refractivity contribution >= 4 is 12.1 Å². The van der Waals surface area contributed by atoms with Crippen LogP contribution in [0.3, 0.4) is 0 Å². The summed E-state index contributed by atoms with van der Waals surface area (Å²) in [4.78, 5) is 5.79. The van der Waals surface area contributed by atoms with Gasteiger partial charge >= 0.3 is 0 Å². The molecule has 0 fully saturated rings. The van der Waals surface area contributed by atoms with Crippen molar-refractivity contribution in [2.24, 2.45) is 4.99 Å². The van der Waals surface area contributed by atoms with Crippen molar-refractivity contribution in [2.45, 2.75) is 6.92 Å². The molecule has 52 valence electrons. The van der Waals surface area contributed by atoms with E-state index >= 15 is 0 Å². The largest absolute Gasteiger partial charge is 0.325 e. The highest BCUT2D eigenvalue weighted by atomic mass is 15.2. The van der Waals surface area contributed by atoms with E-state index in [0.717, 1.165) is 6.54 Å². The summed E-state index contributed by atoms with van der Waals surface area (Å²) in [5, 5.41) is 6.85. The summed E-state index contributed by atoms with van der Waals surface area (Å²) in [6, 6.07) is 0. The zero-order valence-electron chi connectivity index (χ0n) is 5.83. The van der Waals surface area contributed by atoms with Crippen LogP contribution in [0.1, 0.15) is 6.92 Å². The second-order valence-corrected chi connectivity index (χ2v) is 1.85. The molecule has 1 aliphatic heterocycles. The number of aliphatic imine (C=N–C) groups is 1. The molecule has 0 bridgehead atoms. The Balaban J connectivity index is 2.84. The Bertz CT molecular complexity index is 221. The lowest BCUT2D eigenvalue weighted by molar-refractivity contribution is 0.491. The molecule has 0 saturated heterocycles. The Morgan fingerprint density at radius 2 is 2.60 bits per heavy atom. The molecule has 3 nitrogen and oxygen atoms in total. The molecule has 0 aromatic carbocycles. The summed E-state index contributed by atoms with van der Waals surface area (Å²) in [5.74, 6) is 2.82. The Kier molecular flexibility index (Phi) is 2.03. The van der Waals surface area contributed by atoms with Gasteiger partial charge in [-0.25, -0.2) is 4.99 Å². The van der Waals surface area contributed by atoms with Crippen molar-refractivity contribution in [3.05, 3.63) is 18.1 Å². The maximum atomic E-state index is 6.85. The first-order chi connectivity index (χ1) is 4.88. The van der Waals surface area contributed by atoms with Gasteiger partial charge in [-0.05, 0) is 13.0 Å². The summed E-state index contributed by atoms with van der Waals surface area (Å²) in [6.07, 6.45) is 5.37. The average Bonchev–Trinajstić information content (AvgIpc) is 2.04. The second kappa shape index (κ2) is 2.99. The zero-order valence-corrected chi connectivity index (χ0v) is 5.83. The summed E-state index contributed by atoms with van der Waals surface area (Å²) in [6.45, 7) is 2.83. The van der Waals surface area contributed by atoms with E-state index in [1.54, 1.807) is 6.21 Å². The highest BCUT2D eigenvalue weighted by molar-refractivity contribution is 5.75. The van der Waals surface area contributed by atoms with Crippen LogP contribution in [0.5, 0.6) is 0 Å². The van der Waals surface area contributed by atoms with Gasteiger partial charge in [0.1, 0.15) is 0 Å². The maximum Gasteiger partial charge on any atom is 0.195 e. The monoisotopic (exact) mass is 135 g/mol. The highest BCUT2D eigenvalue weighted by Crippen LogP contribution is 2.05. The van der Waals surface area contributed by atoms with E-state index in [-0.39, 0.29) is 0 Å². The standard InChI is InChI=1S/C7H9N3/c1-2-10-5-3-4-9-7(10)6-8/h3-5,8H,2H2,1H3. The predicted octanol–water partition coefficient (Wildman–Crippen LogP) is 0.996. The summed E-state index contributed by atoms with van der Waals surface area (Å²) in [5.41, 5.74) is 0. The normalized spacial score (nSPS) is 15.7. The van der Waals surface area contributed by atoms with Crippen LogP contribution in [-0.4, -0.2) is 23.5 Å². The van der Waals surface area contributed by atoms with Crippen LogP contribution in [0.2, 0.25) is 0 Å². The van der Waals surface area contributed by atoms with Crippen LogP contribution < -0.4 is 0 Å². The average molecular weight is 135 g/mol. The van der Waals surface area contributed by atoms with E-state index in [2.05, 4.69) is 10.9 Å². The van der Waals surface area contributed by atoms with Gasteiger partial charge in [0.15, 0.2) is 5.82 Å². The van der Waals surface area contributed by atoms with Gasteiger partial charge in [-0.2, -0.15) is 0 Å². The predicted molar refractivity (Wildman–Crippen MR) is 41.3 cm³/mol. The van der Waals surface area contributed by atoms with Gasteiger partial charge in [-0.15, -0.1) is 0 Å². The molecular formula is C7H9N3. The number of hydrogen-bond donors (Lipinski definition) is 1. The van der Waals surface area contributed by atoms with E-state index in [1.165, 1.54) is 0 Å². The molecule has 1 rings (SSSR count). The van der Waals surface area contributed by atoms with Gasteiger partial charge in [-0.1, -0.05) is 0 Å². The van der Waals surface area contributed by atoms with Crippen molar-refractivity contribution in [3.8, 4) is 0 Å². The molecule has 3 heteroatoms. The van der Waals surface area contributed by atoms with E-state index in [9.17, 15) is 0 Å². The Labute approximate surface area is 59.9 Å². The van der Waals surface area contributed by atoms with Crippen molar-refractivity contribution in [3.63, 3.8) is 0 Å². The van der Waals surface area contributed by atoms with Gasteiger partial charge in [0.25, 0.3) is 0 Å². The topological polar surface area (TPSA) is 39.5 Å². The van der Waals surface area contributed by atoms with Crippen molar-refractivity contribution < 1.29 is 0 Å². The van der Waals surface area contributed by atoms with Crippen LogP contribution >= 0.6 is 0 Å². The summed E-state index contributed by atoms with van der Waals surface area (Å²) < 4.78 is 0. The molecule has 0 amide bonds. The molecule has 0 aliphatic carbocycles. The van der Waals surface area contributed by atoms with Crippen LogP contribution in [0.4, 0.5) is 0 Å². The number of nitrogens with zero attached hydrogens (tertiary/aromatic N) is 2. The fourth-order valence-corrected chi connectivity index (χ4v) is 0.760. The molecule has 0 aromatic rings. The van der Waals surface area contributed by atoms with Gasteiger partial charge in [-0.3, -0.25) is 5.41 Å². The molecule has 0 atom stereocenters. The molecule has 1 N–H and O–H groups in total. The number of nitrogens with one attached hydrogen (secondary N) is 1. The van der Waals surface area contributed by atoms with E-state index in [4.69, 9.17) is 5.41 Å². The minimum absolute atomic E-state index is 0.574. The number of allylic oxidation sites excluding steroid dienone is 1. The minimum Gasteiger partial charge on any atom is -0.325 e. The van der Waals surface area contributed by atoms with E-state index in [0.29, 0.717) is 5.82 Å². The minimum atomic E-state index is 0.574. The van der Waals surface area contributed by atoms with Crippen molar-refractivity contribution in [1.82, 2.24) is 4.90 Å². The van der Waals surface area contributed by atoms with Crippen LogP contribution in [0, 0.1) is 5.41 Å². The number of hydrogen-bond acceptors (Lipinski definition) is 3. The molecule has 0 saturated carbocycles. The van der Waals surface area contributed by atoms with Gasteiger partial charge < -0.3 is 4.90 Å². The van der Waals surface area contributed by atoms with Crippen LogP contribution in [0.25, 0.3) is 0 Å². The van der Waals surface area contributed by atoms with Gasteiger partial charge in [0.05, 0.1) is 0 Å². The lowest BCUT2D eigenvalue weighted by Gasteiger charge is -2.17. The molecule has 0 unspecified atom stereocenters. The van der Waals surface area contributed by atoms with Gasteiger partial charge in [0, 0.05) is 24.8 Å². The zero-order chi connectivity index (χ0) is 7.40. The smallest absolute Gasteiger partial charge is 0.195 e. The van der Waals surface area contributed by atoms with E-state index in [1.807, 2.05) is 24.1 Å². The third kappa shape index (κ3) is 1.14. The fraction of sp³-hybridized carbons (Fsp3) is 0.286. The third-order valence-corrected chi connectivity index (χ3v) is 1.27. The Morgan fingerprint density at radius 3 is 3.10 bits per heavy atom. The Hall–Kier alpha value is -1.34. The summed E-state index contributed by atoms with van der Waals surface area (Å²) >= 11 is 0. The van der Waals surface area contributed by atoms with Crippen LogP contribution in [-0.2, 0) is 0 Å². The first kappa shape index (κ1) is 6.78. The van der Waals surface area contributed by atoms with E-state index < -0.39 is 0 Å². The second-order valence-electron chi connectivity index (χ2n) is 1.85. The van der Waals surface area contributed by atoms with Gasteiger partial charge in [0.2, 0.25) is 0 Å². The lowest BCUT2D eigenvalue weighted by Crippen LogP contribution is -2.17. The van der Waals surface area contributed by atoms with Crippen LogP contribution in [0.15, 0.2) is 23.1 Å². The molecule has 10 heavy (non-hydrogen) atoms. The maximum absolute atomic E-state index is 6.85. The van der Waals surface area contributed by atoms with Crippen molar-refractivity contribution in [2.75, 3.05) is 6.54 Å². The third-order valence-electron chi connectivity index (χ3n) is 1.27. The quantitative estimate of drug-likeness (QED) is 0.535. The SMILES string of the molecule is CCN1C=CC=NC1=C=N. The fourth-order valence-electron chi connectivity index (χ4n) is 0.760.